The Bertz CT molecular complexity index is 483. The summed E-state index contributed by atoms with van der Waals surface area (Å²) in [5, 5.41) is 10.3. The minimum atomic E-state index is -0.673. The molecule has 2 atom stereocenters. The largest absolute Gasteiger partial charge is 0.390 e. The molecular formula is C15H17NO2. The van der Waals surface area contributed by atoms with Crippen LogP contribution >= 0.6 is 0 Å². The number of benzene rings is 1. The predicted molar refractivity (Wildman–Crippen MR) is 70.2 cm³/mol. The monoisotopic (exact) mass is 243 g/mol. The van der Waals surface area contributed by atoms with E-state index in [-0.39, 0.29) is 5.91 Å². The number of carbonyl (C=O) groups excluding carboxylic acids is 1. The number of anilines is 1. The molecular weight excluding hydrogens is 226 g/mol. The van der Waals surface area contributed by atoms with E-state index in [0.29, 0.717) is 6.54 Å². The SMILES string of the molecule is O=C1N(c2ccccc2)C[C@@H](O)[C@@]12C=CCCC2. The van der Waals surface area contributed by atoms with Crippen molar-refractivity contribution in [2.75, 3.05) is 11.4 Å². The van der Waals surface area contributed by atoms with E-state index in [1.807, 2.05) is 42.5 Å². The molecule has 0 radical (unpaired) electrons. The van der Waals surface area contributed by atoms with Crippen LogP contribution in [0.15, 0.2) is 42.5 Å². The number of rotatable bonds is 1. The van der Waals surface area contributed by atoms with Crippen molar-refractivity contribution in [3.63, 3.8) is 0 Å². The van der Waals surface area contributed by atoms with Crippen LogP contribution in [0.2, 0.25) is 0 Å². The molecule has 3 rings (SSSR count). The molecule has 1 N–H and O–H groups in total. The number of nitrogens with zero attached hydrogens (tertiary/aromatic N) is 1. The average Bonchev–Trinajstić information content (AvgIpc) is 2.66. The van der Waals surface area contributed by atoms with Crippen molar-refractivity contribution in [2.45, 2.75) is 25.4 Å². The minimum absolute atomic E-state index is 0.0390. The second-order valence-electron chi connectivity index (χ2n) is 5.10. The molecule has 3 nitrogen and oxygen atoms in total. The standard InChI is InChI=1S/C15H17NO2/c17-13-11-16(12-7-3-1-4-8-12)14(18)15(13)9-5-2-6-10-15/h1,3-5,7-9,13,17H,2,6,10-11H2/t13-,15+/m1/s1. The van der Waals surface area contributed by atoms with Crippen LogP contribution in [0.1, 0.15) is 19.3 Å². The fourth-order valence-corrected chi connectivity index (χ4v) is 2.99. The third-order valence-corrected chi connectivity index (χ3v) is 4.04. The number of amides is 1. The number of para-hydroxylation sites is 1. The van der Waals surface area contributed by atoms with Crippen LogP contribution < -0.4 is 4.90 Å². The normalized spacial score (nSPS) is 31.3. The van der Waals surface area contributed by atoms with Crippen LogP contribution in [0.5, 0.6) is 0 Å². The van der Waals surface area contributed by atoms with Crippen LogP contribution in [0.25, 0.3) is 0 Å². The maximum absolute atomic E-state index is 12.6. The third-order valence-electron chi connectivity index (χ3n) is 4.04. The fourth-order valence-electron chi connectivity index (χ4n) is 2.99. The summed E-state index contributed by atoms with van der Waals surface area (Å²) >= 11 is 0. The van der Waals surface area contributed by atoms with Gasteiger partial charge in [0.15, 0.2) is 0 Å². The van der Waals surface area contributed by atoms with Crippen molar-refractivity contribution in [1.29, 1.82) is 0 Å². The van der Waals surface area contributed by atoms with Gasteiger partial charge >= 0.3 is 0 Å². The van der Waals surface area contributed by atoms with Gasteiger partial charge in [-0.1, -0.05) is 30.4 Å². The van der Waals surface area contributed by atoms with Crippen LogP contribution in [0.3, 0.4) is 0 Å². The van der Waals surface area contributed by atoms with Crippen molar-refractivity contribution in [3.8, 4) is 0 Å². The number of carbonyl (C=O) groups is 1. The van der Waals surface area contributed by atoms with Gasteiger partial charge in [-0.3, -0.25) is 4.79 Å². The second kappa shape index (κ2) is 4.25. The number of β-amino-alcohol motifs (C(OH)–C–C–N with tert-alkyl or cyclic N) is 1. The van der Waals surface area contributed by atoms with Crippen molar-refractivity contribution in [2.24, 2.45) is 5.41 Å². The molecule has 94 valence electrons. The van der Waals surface area contributed by atoms with Gasteiger partial charge < -0.3 is 10.0 Å². The smallest absolute Gasteiger partial charge is 0.239 e. The van der Waals surface area contributed by atoms with E-state index in [4.69, 9.17) is 0 Å². The number of aliphatic hydroxyl groups is 1. The highest BCUT2D eigenvalue weighted by atomic mass is 16.3. The number of hydrogen-bond donors (Lipinski definition) is 1. The van der Waals surface area contributed by atoms with Crippen LogP contribution in [0.4, 0.5) is 5.69 Å². The van der Waals surface area contributed by atoms with Gasteiger partial charge in [0.05, 0.1) is 18.1 Å². The van der Waals surface area contributed by atoms with Crippen LogP contribution in [0, 0.1) is 5.41 Å². The summed E-state index contributed by atoms with van der Waals surface area (Å²) in [6.07, 6.45) is 6.09. The van der Waals surface area contributed by atoms with Crippen molar-refractivity contribution < 1.29 is 9.90 Å². The molecule has 1 aliphatic carbocycles. The van der Waals surface area contributed by atoms with Crippen molar-refractivity contribution >= 4 is 11.6 Å². The lowest BCUT2D eigenvalue weighted by Gasteiger charge is -2.29. The van der Waals surface area contributed by atoms with Crippen LogP contribution in [-0.2, 0) is 4.79 Å². The van der Waals surface area contributed by atoms with E-state index < -0.39 is 11.5 Å². The maximum atomic E-state index is 12.6. The van der Waals surface area contributed by atoms with Gasteiger partial charge in [0.1, 0.15) is 0 Å². The Kier molecular flexibility index (Phi) is 2.71. The Hall–Kier alpha value is -1.61. The molecule has 0 aromatic heterocycles. The first-order valence-electron chi connectivity index (χ1n) is 6.47. The van der Waals surface area contributed by atoms with Crippen molar-refractivity contribution in [3.05, 3.63) is 42.5 Å². The highest BCUT2D eigenvalue weighted by molar-refractivity contribution is 6.02. The number of aliphatic hydroxyl groups excluding tert-OH is 1. The lowest BCUT2D eigenvalue weighted by atomic mass is 9.76. The Morgan fingerprint density at radius 2 is 2.06 bits per heavy atom. The fraction of sp³-hybridized carbons (Fsp3) is 0.400. The Morgan fingerprint density at radius 3 is 2.72 bits per heavy atom. The zero-order valence-electron chi connectivity index (χ0n) is 10.2. The molecule has 1 heterocycles. The molecule has 3 heteroatoms. The predicted octanol–water partition coefficient (Wildman–Crippen LogP) is 2.12. The summed E-state index contributed by atoms with van der Waals surface area (Å²) in [6.45, 7) is 0.396. The maximum Gasteiger partial charge on any atom is 0.239 e. The first kappa shape index (κ1) is 11.5. The van der Waals surface area contributed by atoms with E-state index >= 15 is 0 Å². The van der Waals surface area contributed by atoms with Gasteiger partial charge in [-0.2, -0.15) is 0 Å². The van der Waals surface area contributed by atoms with E-state index in [2.05, 4.69) is 0 Å². The molecule has 1 aromatic carbocycles. The summed E-state index contributed by atoms with van der Waals surface area (Å²) in [4.78, 5) is 14.3. The molecule has 2 aliphatic rings. The number of allylic oxidation sites excluding steroid dienone is 1. The molecule has 0 unspecified atom stereocenters. The number of hydrogen-bond acceptors (Lipinski definition) is 2. The highest BCUT2D eigenvalue weighted by Crippen LogP contribution is 2.42. The molecule has 1 spiro atoms. The van der Waals surface area contributed by atoms with Gasteiger partial charge in [0.2, 0.25) is 5.91 Å². The molecule has 1 fully saturated rings. The lowest BCUT2D eigenvalue weighted by molar-refractivity contribution is -0.126. The van der Waals surface area contributed by atoms with Gasteiger partial charge in [-0.05, 0) is 31.4 Å². The molecule has 0 saturated carbocycles. The Balaban J connectivity index is 1.96. The zero-order valence-corrected chi connectivity index (χ0v) is 10.2. The van der Waals surface area contributed by atoms with E-state index in [1.165, 1.54) is 0 Å². The van der Waals surface area contributed by atoms with Crippen molar-refractivity contribution in [1.82, 2.24) is 0 Å². The third kappa shape index (κ3) is 1.58. The first-order valence-corrected chi connectivity index (χ1v) is 6.47. The second-order valence-corrected chi connectivity index (χ2v) is 5.10. The molecule has 0 bridgehead atoms. The highest BCUT2D eigenvalue weighted by Gasteiger charge is 2.52. The van der Waals surface area contributed by atoms with Gasteiger partial charge in [-0.25, -0.2) is 0 Å². The summed E-state index contributed by atoms with van der Waals surface area (Å²) < 4.78 is 0. The van der Waals surface area contributed by atoms with E-state index in [1.54, 1.807) is 4.90 Å². The van der Waals surface area contributed by atoms with Crippen LogP contribution in [-0.4, -0.2) is 23.7 Å². The lowest BCUT2D eigenvalue weighted by Crippen LogP contribution is -2.38. The Labute approximate surface area is 107 Å². The summed E-state index contributed by atoms with van der Waals surface area (Å²) in [5.74, 6) is 0.0390. The molecule has 18 heavy (non-hydrogen) atoms. The van der Waals surface area contributed by atoms with Gasteiger partial charge in [0, 0.05) is 5.69 Å². The summed E-state index contributed by atoms with van der Waals surface area (Å²) in [7, 11) is 0. The topological polar surface area (TPSA) is 40.5 Å². The molecule has 1 saturated heterocycles. The average molecular weight is 243 g/mol. The Morgan fingerprint density at radius 1 is 1.28 bits per heavy atom. The summed E-state index contributed by atoms with van der Waals surface area (Å²) in [5.41, 5.74) is 0.200. The summed E-state index contributed by atoms with van der Waals surface area (Å²) in [6, 6.07) is 9.58. The van der Waals surface area contributed by atoms with Gasteiger partial charge in [0.25, 0.3) is 0 Å². The minimum Gasteiger partial charge on any atom is -0.390 e. The first-order chi connectivity index (χ1) is 8.74. The van der Waals surface area contributed by atoms with E-state index in [0.717, 1.165) is 24.9 Å². The molecule has 1 aliphatic heterocycles. The van der Waals surface area contributed by atoms with E-state index in [9.17, 15) is 9.90 Å². The zero-order chi connectivity index (χ0) is 12.6. The molecule has 1 aromatic rings. The van der Waals surface area contributed by atoms with Gasteiger partial charge in [-0.15, -0.1) is 0 Å². The quantitative estimate of drug-likeness (QED) is 0.767. The molecule has 1 amide bonds.